The van der Waals surface area contributed by atoms with Crippen LogP contribution in [0.5, 0.6) is 0 Å². The quantitative estimate of drug-likeness (QED) is 0.923. The lowest BCUT2D eigenvalue weighted by Gasteiger charge is -2.23. The lowest BCUT2D eigenvalue weighted by atomic mass is 9.89. The fraction of sp³-hybridized carbons (Fsp3) is 0.421. The summed E-state index contributed by atoms with van der Waals surface area (Å²) in [4.78, 5) is 26.0. The highest BCUT2D eigenvalue weighted by atomic mass is 16.5. The molecule has 2 aliphatic rings. The summed E-state index contributed by atoms with van der Waals surface area (Å²) in [5.41, 5.74) is 2.75. The van der Waals surface area contributed by atoms with E-state index in [9.17, 15) is 9.59 Å². The SMILES string of the molecule is O=C1C[C@H]2CN(C(=O)CCc3conc3-c3ccccc3)C[C@H]2CN1. The minimum absolute atomic E-state index is 0.104. The van der Waals surface area contributed by atoms with Gasteiger partial charge in [-0.2, -0.15) is 0 Å². The lowest BCUT2D eigenvalue weighted by Crippen LogP contribution is -2.40. The number of hydrogen-bond donors (Lipinski definition) is 1. The highest BCUT2D eigenvalue weighted by Crippen LogP contribution is 2.29. The van der Waals surface area contributed by atoms with E-state index in [0.717, 1.165) is 23.4 Å². The predicted molar refractivity (Wildman–Crippen MR) is 91.4 cm³/mol. The first-order valence-corrected chi connectivity index (χ1v) is 8.74. The number of carbonyl (C=O) groups excluding carboxylic acids is 2. The van der Waals surface area contributed by atoms with Gasteiger partial charge in [-0.1, -0.05) is 35.5 Å². The second-order valence-electron chi connectivity index (χ2n) is 6.88. The molecule has 2 atom stereocenters. The molecule has 4 rings (SSSR count). The molecule has 0 saturated carbocycles. The summed E-state index contributed by atoms with van der Waals surface area (Å²) in [5.74, 6) is 0.958. The van der Waals surface area contributed by atoms with Crippen LogP contribution in [0.3, 0.4) is 0 Å². The van der Waals surface area contributed by atoms with Crippen molar-refractivity contribution in [3.63, 3.8) is 0 Å². The Labute approximate surface area is 146 Å². The molecule has 130 valence electrons. The summed E-state index contributed by atoms with van der Waals surface area (Å²) >= 11 is 0. The lowest BCUT2D eigenvalue weighted by molar-refractivity contribution is -0.130. The van der Waals surface area contributed by atoms with E-state index < -0.39 is 0 Å². The molecule has 1 aromatic heterocycles. The van der Waals surface area contributed by atoms with Crippen molar-refractivity contribution in [1.82, 2.24) is 15.4 Å². The number of aryl methyl sites for hydroxylation is 1. The van der Waals surface area contributed by atoms with Crippen LogP contribution in [-0.2, 0) is 16.0 Å². The number of nitrogens with one attached hydrogen (secondary N) is 1. The molecule has 2 aromatic rings. The third-order valence-electron chi connectivity index (χ3n) is 5.24. The normalized spacial score (nSPS) is 22.6. The number of fused-ring (bicyclic) bond motifs is 1. The maximum atomic E-state index is 12.6. The molecule has 1 aromatic carbocycles. The molecule has 2 fully saturated rings. The first-order chi connectivity index (χ1) is 12.2. The number of hydrogen-bond acceptors (Lipinski definition) is 4. The Morgan fingerprint density at radius 2 is 2.04 bits per heavy atom. The van der Waals surface area contributed by atoms with Crippen molar-refractivity contribution in [1.29, 1.82) is 0 Å². The molecular weight excluding hydrogens is 318 g/mol. The van der Waals surface area contributed by atoms with Gasteiger partial charge in [-0.3, -0.25) is 9.59 Å². The maximum absolute atomic E-state index is 12.6. The first-order valence-electron chi connectivity index (χ1n) is 8.74. The molecule has 0 aliphatic carbocycles. The summed E-state index contributed by atoms with van der Waals surface area (Å²) in [7, 11) is 0. The summed E-state index contributed by atoms with van der Waals surface area (Å²) in [6, 6.07) is 9.84. The Hall–Kier alpha value is -2.63. The third-order valence-corrected chi connectivity index (χ3v) is 5.24. The molecule has 2 amide bonds. The monoisotopic (exact) mass is 339 g/mol. The van der Waals surface area contributed by atoms with Gasteiger partial charge in [0.05, 0.1) is 0 Å². The predicted octanol–water partition coefficient (Wildman–Crippen LogP) is 1.87. The zero-order valence-corrected chi connectivity index (χ0v) is 14.0. The van der Waals surface area contributed by atoms with Gasteiger partial charge in [0, 0.05) is 43.6 Å². The van der Waals surface area contributed by atoms with Crippen molar-refractivity contribution in [3.05, 3.63) is 42.2 Å². The summed E-state index contributed by atoms with van der Waals surface area (Å²) in [6.07, 6.45) is 3.21. The number of likely N-dealkylation sites (tertiary alicyclic amines) is 1. The van der Waals surface area contributed by atoms with Gasteiger partial charge in [0.1, 0.15) is 12.0 Å². The molecule has 25 heavy (non-hydrogen) atoms. The fourth-order valence-corrected chi connectivity index (χ4v) is 3.83. The van der Waals surface area contributed by atoms with Crippen LogP contribution in [0, 0.1) is 11.8 Å². The van der Waals surface area contributed by atoms with Crippen LogP contribution in [-0.4, -0.2) is 41.5 Å². The first kappa shape index (κ1) is 15.9. The topological polar surface area (TPSA) is 75.4 Å². The van der Waals surface area contributed by atoms with Gasteiger partial charge in [-0.05, 0) is 18.3 Å². The van der Waals surface area contributed by atoms with Crippen molar-refractivity contribution in [2.45, 2.75) is 19.3 Å². The van der Waals surface area contributed by atoms with Crippen LogP contribution < -0.4 is 5.32 Å². The van der Waals surface area contributed by atoms with E-state index in [-0.39, 0.29) is 11.8 Å². The van der Waals surface area contributed by atoms with Gasteiger partial charge in [0.25, 0.3) is 0 Å². The molecule has 2 aliphatic heterocycles. The van der Waals surface area contributed by atoms with Gasteiger partial charge < -0.3 is 14.7 Å². The van der Waals surface area contributed by atoms with Gasteiger partial charge in [0.15, 0.2) is 0 Å². The van der Waals surface area contributed by atoms with E-state index in [1.54, 1.807) is 6.26 Å². The molecule has 6 nitrogen and oxygen atoms in total. The van der Waals surface area contributed by atoms with Crippen LogP contribution in [0.2, 0.25) is 0 Å². The molecule has 3 heterocycles. The Bertz CT molecular complexity index is 771. The van der Waals surface area contributed by atoms with E-state index in [4.69, 9.17) is 4.52 Å². The molecule has 0 spiro atoms. The molecule has 1 N–H and O–H groups in total. The number of aromatic nitrogens is 1. The second-order valence-corrected chi connectivity index (χ2v) is 6.88. The van der Waals surface area contributed by atoms with Crippen molar-refractivity contribution >= 4 is 11.8 Å². The molecule has 0 bridgehead atoms. The highest BCUT2D eigenvalue weighted by molar-refractivity contribution is 5.79. The Balaban J connectivity index is 1.37. The largest absolute Gasteiger partial charge is 0.364 e. The Morgan fingerprint density at radius 3 is 2.88 bits per heavy atom. The average molecular weight is 339 g/mol. The smallest absolute Gasteiger partial charge is 0.222 e. The van der Waals surface area contributed by atoms with Crippen molar-refractivity contribution in [2.75, 3.05) is 19.6 Å². The zero-order chi connectivity index (χ0) is 17.2. The summed E-state index contributed by atoms with van der Waals surface area (Å²) in [5, 5.41) is 6.98. The van der Waals surface area contributed by atoms with E-state index in [2.05, 4.69) is 10.5 Å². The molecule has 6 heteroatoms. The number of nitrogens with zero attached hydrogens (tertiary/aromatic N) is 2. The van der Waals surface area contributed by atoms with Crippen LogP contribution in [0.1, 0.15) is 18.4 Å². The third kappa shape index (κ3) is 3.29. The fourth-order valence-electron chi connectivity index (χ4n) is 3.83. The van der Waals surface area contributed by atoms with Gasteiger partial charge in [-0.25, -0.2) is 0 Å². The van der Waals surface area contributed by atoms with Crippen LogP contribution >= 0.6 is 0 Å². The molecule has 0 unspecified atom stereocenters. The van der Waals surface area contributed by atoms with Crippen molar-refractivity contribution in [3.8, 4) is 11.3 Å². The zero-order valence-electron chi connectivity index (χ0n) is 14.0. The van der Waals surface area contributed by atoms with E-state index in [1.165, 1.54) is 0 Å². The molecule has 0 radical (unpaired) electrons. The number of amides is 2. The average Bonchev–Trinajstić information content (AvgIpc) is 3.26. The molecule has 2 saturated heterocycles. The van der Waals surface area contributed by atoms with E-state index in [0.29, 0.717) is 44.2 Å². The summed E-state index contributed by atoms with van der Waals surface area (Å²) < 4.78 is 5.13. The minimum Gasteiger partial charge on any atom is -0.364 e. The number of rotatable bonds is 4. The number of carbonyl (C=O) groups is 2. The second kappa shape index (κ2) is 6.70. The number of benzene rings is 1. The Kier molecular flexibility index (Phi) is 4.26. The van der Waals surface area contributed by atoms with Crippen LogP contribution in [0.25, 0.3) is 11.3 Å². The minimum atomic E-state index is 0.104. The van der Waals surface area contributed by atoms with E-state index in [1.807, 2.05) is 35.2 Å². The number of piperidine rings is 1. The standard InChI is InChI=1S/C19H21N3O3/c23-17-8-15-10-22(11-16(15)9-20-17)18(24)7-6-14-12-25-21-19(14)13-4-2-1-3-5-13/h1-5,12,15-16H,6-11H2,(H,20,23)/t15-,16+/m0/s1. The maximum Gasteiger partial charge on any atom is 0.222 e. The Morgan fingerprint density at radius 1 is 1.24 bits per heavy atom. The van der Waals surface area contributed by atoms with Gasteiger partial charge in [0.2, 0.25) is 11.8 Å². The van der Waals surface area contributed by atoms with Crippen molar-refractivity contribution in [2.24, 2.45) is 11.8 Å². The van der Waals surface area contributed by atoms with Crippen LogP contribution in [0.15, 0.2) is 41.1 Å². The van der Waals surface area contributed by atoms with Gasteiger partial charge in [-0.15, -0.1) is 0 Å². The van der Waals surface area contributed by atoms with Gasteiger partial charge >= 0.3 is 0 Å². The summed E-state index contributed by atoms with van der Waals surface area (Å²) in [6.45, 7) is 2.14. The highest BCUT2D eigenvalue weighted by Gasteiger charge is 2.38. The van der Waals surface area contributed by atoms with Crippen molar-refractivity contribution < 1.29 is 14.1 Å². The molecular formula is C19H21N3O3. The van der Waals surface area contributed by atoms with Crippen LogP contribution in [0.4, 0.5) is 0 Å². The van der Waals surface area contributed by atoms with E-state index >= 15 is 0 Å².